The third kappa shape index (κ3) is 2.48. The molecule has 0 bridgehead atoms. The van der Waals surface area contributed by atoms with Crippen molar-refractivity contribution >= 4 is 16.8 Å². The molecule has 3 aromatic rings. The van der Waals surface area contributed by atoms with E-state index in [4.69, 9.17) is 4.74 Å². The topological polar surface area (TPSA) is 43.3 Å². The Labute approximate surface area is 122 Å². The zero-order valence-electron chi connectivity index (χ0n) is 12.0. The fourth-order valence-corrected chi connectivity index (χ4v) is 2.41. The maximum atomic E-state index is 11.5. The van der Waals surface area contributed by atoms with E-state index in [2.05, 4.69) is 11.5 Å². The molecule has 1 aromatic heterocycles. The van der Waals surface area contributed by atoms with Crippen LogP contribution in [0.5, 0.6) is 5.75 Å². The molecule has 0 unspecified atom stereocenters. The van der Waals surface area contributed by atoms with Crippen molar-refractivity contribution in [3.05, 3.63) is 54.6 Å². The summed E-state index contributed by atoms with van der Waals surface area (Å²) in [4.78, 5) is 11.5. The van der Waals surface area contributed by atoms with Crippen molar-refractivity contribution in [3.8, 4) is 17.0 Å². The van der Waals surface area contributed by atoms with Crippen molar-refractivity contribution in [1.82, 2.24) is 4.68 Å². The van der Waals surface area contributed by atoms with Crippen LogP contribution >= 0.6 is 0 Å². The Bertz CT molecular complexity index is 788. The van der Waals surface area contributed by atoms with E-state index in [1.54, 1.807) is 7.11 Å². The summed E-state index contributed by atoms with van der Waals surface area (Å²) >= 11 is 0. The molecule has 0 spiro atoms. The molecule has 0 atom stereocenters. The first-order valence-corrected chi connectivity index (χ1v) is 6.71. The van der Waals surface area contributed by atoms with Crippen LogP contribution in [0.3, 0.4) is 0 Å². The van der Waals surface area contributed by atoms with Crippen molar-refractivity contribution in [2.75, 3.05) is 12.5 Å². The van der Waals surface area contributed by atoms with Gasteiger partial charge in [-0.25, -0.2) is 0 Å². The summed E-state index contributed by atoms with van der Waals surface area (Å²) in [7, 11) is 1.64. The quantitative estimate of drug-likeness (QED) is 0.799. The van der Waals surface area contributed by atoms with Gasteiger partial charge in [0.15, 0.2) is 0 Å². The zero-order chi connectivity index (χ0) is 14.8. The van der Waals surface area contributed by atoms with Crippen LogP contribution in [0.4, 0.5) is 0 Å². The van der Waals surface area contributed by atoms with Crippen LogP contribution in [-0.4, -0.2) is 17.7 Å². The van der Waals surface area contributed by atoms with Gasteiger partial charge >= 0.3 is 0 Å². The second-order valence-corrected chi connectivity index (χ2v) is 4.82. The highest BCUT2D eigenvalue weighted by Gasteiger charge is 2.11. The smallest absolute Gasteiger partial charge is 0.235 e. The minimum Gasteiger partial charge on any atom is -0.497 e. The summed E-state index contributed by atoms with van der Waals surface area (Å²) in [6, 6.07) is 17.8. The Morgan fingerprint density at radius 1 is 1.10 bits per heavy atom. The van der Waals surface area contributed by atoms with Crippen LogP contribution in [-0.2, 0) is 4.79 Å². The highest BCUT2D eigenvalue weighted by atomic mass is 16.5. The highest BCUT2D eigenvalue weighted by molar-refractivity contribution is 5.91. The molecule has 0 aliphatic rings. The van der Waals surface area contributed by atoms with E-state index in [0.717, 1.165) is 27.9 Å². The predicted molar refractivity (Wildman–Crippen MR) is 84.0 cm³/mol. The molecule has 0 saturated carbocycles. The molecule has 0 aliphatic heterocycles. The average molecular weight is 280 g/mol. The molecule has 0 aliphatic carbocycles. The molecule has 4 nitrogen and oxygen atoms in total. The third-order valence-corrected chi connectivity index (χ3v) is 3.37. The SMILES string of the molecule is COc1ccc(-c2cc3ccccc3n2NC(C)=O)cc1. The highest BCUT2D eigenvalue weighted by Crippen LogP contribution is 2.28. The van der Waals surface area contributed by atoms with Crippen molar-refractivity contribution in [1.29, 1.82) is 0 Å². The monoisotopic (exact) mass is 280 g/mol. The van der Waals surface area contributed by atoms with Crippen molar-refractivity contribution in [2.24, 2.45) is 0 Å². The van der Waals surface area contributed by atoms with Gasteiger partial charge in [0, 0.05) is 17.9 Å². The minimum atomic E-state index is -0.105. The second-order valence-electron chi connectivity index (χ2n) is 4.82. The van der Waals surface area contributed by atoms with Crippen LogP contribution in [0.15, 0.2) is 54.6 Å². The van der Waals surface area contributed by atoms with E-state index < -0.39 is 0 Å². The molecule has 1 heterocycles. The van der Waals surface area contributed by atoms with Gasteiger partial charge in [0.25, 0.3) is 0 Å². The standard InChI is InChI=1S/C17H16N2O2/c1-12(20)18-19-16-6-4-3-5-14(16)11-17(19)13-7-9-15(21-2)10-8-13/h3-11H,1-2H3,(H,18,20). The number of amides is 1. The lowest BCUT2D eigenvalue weighted by Crippen LogP contribution is -2.20. The summed E-state index contributed by atoms with van der Waals surface area (Å²) in [6.07, 6.45) is 0. The van der Waals surface area contributed by atoms with Crippen LogP contribution in [0.25, 0.3) is 22.2 Å². The van der Waals surface area contributed by atoms with E-state index in [0.29, 0.717) is 0 Å². The van der Waals surface area contributed by atoms with E-state index >= 15 is 0 Å². The lowest BCUT2D eigenvalue weighted by molar-refractivity contribution is -0.115. The molecule has 0 saturated heterocycles. The maximum absolute atomic E-state index is 11.5. The van der Waals surface area contributed by atoms with Crippen molar-refractivity contribution < 1.29 is 9.53 Å². The maximum Gasteiger partial charge on any atom is 0.235 e. The van der Waals surface area contributed by atoms with Gasteiger partial charge in [-0.05, 0) is 36.4 Å². The summed E-state index contributed by atoms with van der Waals surface area (Å²) in [5.41, 5.74) is 5.79. The van der Waals surface area contributed by atoms with Crippen molar-refractivity contribution in [3.63, 3.8) is 0 Å². The average Bonchev–Trinajstić information content (AvgIpc) is 2.86. The number of benzene rings is 2. The number of hydrogen-bond donors (Lipinski definition) is 1. The number of fused-ring (bicyclic) bond motifs is 1. The van der Waals surface area contributed by atoms with Crippen LogP contribution < -0.4 is 10.2 Å². The van der Waals surface area contributed by atoms with Crippen molar-refractivity contribution in [2.45, 2.75) is 6.92 Å². The molecule has 4 heteroatoms. The van der Waals surface area contributed by atoms with E-state index in [1.807, 2.05) is 53.2 Å². The number of methoxy groups -OCH3 is 1. The Hall–Kier alpha value is -2.75. The molecule has 2 aromatic carbocycles. The lowest BCUT2D eigenvalue weighted by Gasteiger charge is -2.11. The number of carbonyl (C=O) groups excluding carboxylic acids is 1. The third-order valence-electron chi connectivity index (χ3n) is 3.37. The van der Waals surface area contributed by atoms with Gasteiger partial charge in [-0.2, -0.15) is 0 Å². The number of ether oxygens (including phenoxy) is 1. The van der Waals surface area contributed by atoms with E-state index in [9.17, 15) is 4.79 Å². The van der Waals surface area contributed by atoms with E-state index in [-0.39, 0.29) is 5.91 Å². The first kappa shape index (κ1) is 13.2. The summed E-state index contributed by atoms with van der Waals surface area (Å²) in [6.45, 7) is 1.51. The predicted octanol–water partition coefficient (Wildman–Crippen LogP) is 3.41. The Balaban J connectivity index is 2.17. The van der Waals surface area contributed by atoms with E-state index in [1.165, 1.54) is 6.92 Å². The van der Waals surface area contributed by atoms with Gasteiger partial charge in [-0.3, -0.25) is 14.9 Å². The molecule has 0 radical (unpaired) electrons. The number of nitrogens with one attached hydrogen (secondary N) is 1. The molecular weight excluding hydrogens is 264 g/mol. The van der Waals surface area contributed by atoms with Gasteiger partial charge in [0.2, 0.25) is 5.91 Å². The lowest BCUT2D eigenvalue weighted by atomic mass is 10.1. The molecule has 106 valence electrons. The Morgan fingerprint density at radius 3 is 2.48 bits per heavy atom. The number of hydrogen-bond acceptors (Lipinski definition) is 2. The van der Waals surface area contributed by atoms with Crippen LogP contribution in [0.2, 0.25) is 0 Å². The Morgan fingerprint density at radius 2 is 1.81 bits per heavy atom. The Kier molecular flexibility index (Phi) is 3.36. The number of para-hydroxylation sites is 1. The second kappa shape index (κ2) is 5.32. The van der Waals surface area contributed by atoms with Gasteiger partial charge < -0.3 is 4.74 Å². The zero-order valence-corrected chi connectivity index (χ0v) is 12.0. The molecule has 1 amide bonds. The van der Waals surface area contributed by atoms with Crippen LogP contribution in [0, 0.1) is 0 Å². The fourth-order valence-electron chi connectivity index (χ4n) is 2.41. The van der Waals surface area contributed by atoms with Gasteiger partial charge in [-0.1, -0.05) is 18.2 Å². The largest absolute Gasteiger partial charge is 0.497 e. The first-order chi connectivity index (χ1) is 10.2. The number of nitrogens with zero attached hydrogens (tertiary/aromatic N) is 1. The van der Waals surface area contributed by atoms with Gasteiger partial charge in [-0.15, -0.1) is 0 Å². The molecule has 3 rings (SSSR count). The summed E-state index contributed by atoms with van der Waals surface area (Å²) in [5.74, 6) is 0.701. The number of aromatic nitrogens is 1. The minimum absolute atomic E-state index is 0.105. The molecule has 0 fully saturated rings. The number of carbonyl (C=O) groups is 1. The molecule has 1 N–H and O–H groups in total. The molecular formula is C17H16N2O2. The number of rotatable bonds is 3. The molecule has 21 heavy (non-hydrogen) atoms. The van der Waals surface area contributed by atoms with Gasteiger partial charge in [0.05, 0.1) is 18.3 Å². The fraction of sp³-hybridized carbons (Fsp3) is 0.118. The van der Waals surface area contributed by atoms with Gasteiger partial charge in [0.1, 0.15) is 5.75 Å². The summed E-state index contributed by atoms with van der Waals surface area (Å²) in [5, 5.41) is 1.08. The normalized spacial score (nSPS) is 10.6. The summed E-state index contributed by atoms with van der Waals surface area (Å²) < 4.78 is 7.00. The van der Waals surface area contributed by atoms with Crippen LogP contribution in [0.1, 0.15) is 6.92 Å². The first-order valence-electron chi connectivity index (χ1n) is 6.71.